The van der Waals surface area contributed by atoms with Crippen LogP contribution in [0, 0.1) is 0 Å². The second-order valence-electron chi connectivity index (χ2n) is 5.15. The van der Waals surface area contributed by atoms with Crippen molar-refractivity contribution in [2.45, 2.75) is 39.7 Å². The zero-order valence-electron chi connectivity index (χ0n) is 12.6. The Morgan fingerprint density at radius 2 is 1.76 bits per heavy atom. The van der Waals surface area contributed by atoms with Gasteiger partial charge in [-0.15, -0.1) is 0 Å². The zero-order valence-corrected chi connectivity index (χ0v) is 12.6. The summed E-state index contributed by atoms with van der Waals surface area (Å²) >= 11 is 0. The molecule has 1 aromatic carbocycles. The van der Waals surface area contributed by atoms with Gasteiger partial charge in [-0.1, -0.05) is 44.5 Å². The number of rotatable bonds is 6. The minimum Gasteiger partial charge on any atom is -0.308 e. The highest BCUT2D eigenvalue weighted by molar-refractivity contribution is 5.75. The quantitative estimate of drug-likeness (QED) is 0.758. The van der Waals surface area contributed by atoms with Crippen LogP contribution in [0.3, 0.4) is 0 Å². The summed E-state index contributed by atoms with van der Waals surface area (Å²) in [5.41, 5.74) is 3.18. The largest absolute Gasteiger partial charge is 0.308 e. The molecule has 0 atom stereocenters. The number of aldehydes is 1. The van der Waals surface area contributed by atoms with Crippen LogP contribution in [0.2, 0.25) is 0 Å². The van der Waals surface area contributed by atoms with Crippen molar-refractivity contribution in [2.75, 3.05) is 0 Å². The molecule has 2 rings (SSSR count). The number of hydrogen-bond acceptors (Lipinski definition) is 2. The summed E-state index contributed by atoms with van der Waals surface area (Å²) in [6, 6.07) is 11.7. The molecule has 110 valence electrons. The monoisotopic (exact) mass is 283 g/mol. The Morgan fingerprint density at radius 1 is 1.05 bits per heavy atom. The predicted octanol–water partition coefficient (Wildman–Crippen LogP) is 3.69. The Morgan fingerprint density at radius 3 is 2.33 bits per heavy atom. The number of carbonyl (C=O) groups excluding carboxylic acids is 1. The van der Waals surface area contributed by atoms with Gasteiger partial charge in [0.15, 0.2) is 6.29 Å². The third-order valence-electron chi connectivity index (χ3n) is 3.72. The molecular weight excluding hydrogens is 262 g/mol. The third kappa shape index (κ3) is 3.30. The summed E-state index contributed by atoms with van der Waals surface area (Å²) < 4.78 is 1.72. The Hall–Kier alpha value is -2.16. The number of carbonyl (C=O) groups is 1. The molecule has 0 aliphatic rings. The molecule has 0 aliphatic heterocycles. The highest BCUT2D eigenvalue weighted by Gasteiger charge is 2.09. The molecule has 0 spiro atoms. The molecule has 1 aromatic heterocycles. The van der Waals surface area contributed by atoms with E-state index in [0.29, 0.717) is 12.8 Å². The van der Waals surface area contributed by atoms with E-state index in [-0.39, 0.29) is 11.1 Å². The lowest BCUT2D eigenvalue weighted by Crippen LogP contribution is -2.25. The third-order valence-corrected chi connectivity index (χ3v) is 3.72. The van der Waals surface area contributed by atoms with E-state index in [4.69, 9.17) is 0 Å². The Bertz CT molecular complexity index is 669. The molecule has 0 saturated heterocycles. The number of aromatic nitrogens is 1. The molecule has 0 saturated carbocycles. The maximum Gasteiger partial charge on any atom is 0.261 e. The van der Waals surface area contributed by atoms with Gasteiger partial charge in [-0.2, -0.15) is 0 Å². The normalized spacial score (nSPS) is 10.6. The van der Waals surface area contributed by atoms with Crippen molar-refractivity contribution in [3.8, 4) is 11.3 Å². The van der Waals surface area contributed by atoms with Gasteiger partial charge in [0.2, 0.25) is 0 Å². The van der Waals surface area contributed by atoms with Crippen LogP contribution < -0.4 is 5.56 Å². The highest BCUT2D eigenvalue weighted by atomic mass is 16.1. The van der Waals surface area contributed by atoms with Crippen LogP contribution in [0.1, 0.15) is 42.6 Å². The second-order valence-corrected chi connectivity index (χ2v) is 5.15. The van der Waals surface area contributed by atoms with Crippen LogP contribution in [-0.2, 0) is 13.0 Å². The van der Waals surface area contributed by atoms with Crippen molar-refractivity contribution in [1.82, 2.24) is 4.57 Å². The second kappa shape index (κ2) is 7.02. The summed E-state index contributed by atoms with van der Waals surface area (Å²) in [7, 11) is 0. The minimum absolute atomic E-state index is 0.199. The van der Waals surface area contributed by atoms with Gasteiger partial charge in [0.05, 0.1) is 11.3 Å². The fraction of sp³-hybridized carbons (Fsp3) is 0.333. The molecule has 2 aromatic rings. The summed E-state index contributed by atoms with van der Waals surface area (Å²) in [5, 5.41) is 0. The number of nitrogens with zero attached hydrogens (tertiary/aromatic N) is 1. The van der Waals surface area contributed by atoms with Crippen molar-refractivity contribution in [1.29, 1.82) is 0 Å². The van der Waals surface area contributed by atoms with Crippen LogP contribution >= 0.6 is 0 Å². The molecule has 3 heteroatoms. The van der Waals surface area contributed by atoms with E-state index in [2.05, 4.69) is 26.0 Å². The zero-order chi connectivity index (χ0) is 15.2. The molecule has 0 aliphatic carbocycles. The first kappa shape index (κ1) is 15.2. The van der Waals surface area contributed by atoms with E-state index >= 15 is 0 Å². The molecule has 0 radical (unpaired) electrons. The van der Waals surface area contributed by atoms with Crippen LogP contribution in [0.15, 0.2) is 41.2 Å². The first-order valence-electron chi connectivity index (χ1n) is 7.49. The van der Waals surface area contributed by atoms with Gasteiger partial charge >= 0.3 is 0 Å². The number of pyridine rings is 1. The molecular formula is C18H21NO2. The molecule has 0 fully saturated rings. The van der Waals surface area contributed by atoms with Crippen LogP contribution in [0.5, 0.6) is 0 Å². The summed E-state index contributed by atoms with van der Waals surface area (Å²) in [4.78, 5) is 23.3. The lowest BCUT2D eigenvalue weighted by molar-refractivity contribution is 0.112. The summed E-state index contributed by atoms with van der Waals surface area (Å²) in [6.45, 7) is 4.84. The van der Waals surface area contributed by atoms with Crippen molar-refractivity contribution in [2.24, 2.45) is 0 Å². The number of hydrogen-bond donors (Lipinski definition) is 0. The highest BCUT2D eigenvalue weighted by Crippen LogP contribution is 2.19. The molecule has 0 N–H and O–H groups in total. The molecule has 0 amide bonds. The number of benzene rings is 1. The number of aryl methyl sites for hydroxylation is 1. The van der Waals surface area contributed by atoms with Gasteiger partial charge in [-0.25, -0.2) is 0 Å². The standard InChI is InChI=1S/C18H21NO2/c1-3-5-12-19-17(11-10-16(13-20)18(19)21)15-8-6-14(4-2)7-9-15/h6-11,13H,3-5,12H2,1-2H3. The summed E-state index contributed by atoms with van der Waals surface area (Å²) in [6.07, 6.45) is 3.55. The van der Waals surface area contributed by atoms with Crippen LogP contribution in [0.25, 0.3) is 11.3 Å². The van der Waals surface area contributed by atoms with E-state index in [9.17, 15) is 9.59 Å². The van der Waals surface area contributed by atoms with Crippen molar-refractivity contribution >= 4 is 6.29 Å². The summed E-state index contributed by atoms with van der Waals surface area (Å²) in [5.74, 6) is 0. The minimum atomic E-state index is -0.199. The SMILES string of the molecule is CCCCn1c(-c2ccc(CC)cc2)ccc(C=O)c1=O. The van der Waals surface area contributed by atoms with Crippen LogP contribution in [-0.4, -0.2) is 10.9 Å². The number of unbranched alkanes of at least 4 members (excludes halogenated alkanes) is 1. The van der Waals surface area contributed by atoms with Crippen LogP contribution in [0.4, 0.5) is 0 Å². The lowest BCUT2D eigenvalue weighted by atomic mass is 10.1. The Labute approximate surface area is 125 Å². The average Bonchev–Trinajstić information content (AvgIpc) is 2.53. The van der Waals surface area contributed by atoms with Gasteiger partial charge in [-0.3, -0.25) is 9.59 Å². The first-order valence-corrected chi connectivity index (χ1v) is 7.49. The Balaban J connectivity index is 2.52. The maximum absolute atomic E-state index is 12.4. The van der Waals surface area contributed by atoms with Crippen molar-refractivity contribution in [3.63, 3.8) is 0 Å². The lowest BCUT2D eigenvalue weighted by Gasteiger charge is -2.13. The molecule has 1 heterocycles. The average molecular weight is 283 g/mol. The van der Waals surface area contributed by atoms with Gasteiger partial charge in [0.1, 0.15) is 0 Å². The Kier molecular flexibility index (Phi) is 5.09. The van der Waals surface area contributed by atoms with Crippen molar-refractivity contribution in [3.05, 3.63) is 57.9 Å². The predicted molar refractivity (Wildman–Crippen MR) is 85.8 cm³/mol. The first-order chi connectivity index (χ1) is 10.2. The molecule has 0 bridgehead atoms. The van der Waals surface area contributed by atoms with Gasteiger partial charge in [-0.05, 0) is 36.1 Å². The topological polar surface area (TPSA) is 39.1 Å². The van der Waals surface area contributed by atoms with E-state index in [1.165, 1.54) is 5.56 Å². The van der Waals surface area contributed by atoms with E-state index < -0.39 is 0 Å². The van der Waals surface area contributed by atoms with Crippen molar-refractivity contribution < 1.29 is 4.79 Å². The fourth-order valence-corrected chi connectivity index (χ4v) is 2.39. The van der Waals surface area contributed by atoms with E-state index in [1.807, 2.05) is 18.2 Å². The molecule has 21 heavy (non-hydrogen) atoms. The van der Waals surface area contributed by atoms with Gasteiger partial charge in [0.25, 0.3) is 5.56 Å². The smallest absolute Gasteiger partial charge is 0.261 e. The maximum atomic E-state index is 12.4. The van der Waals surface area contributed by atoms with Gasteiger partial charge in [0, 0.05) is 6.54 Å². The molecule has 0 unspecified atom stereocenters. The van der Waals surface area contributed by atoms with Gasteiger partial charge < -0.3 is 4.57 Å². The molecule has 3 nitrogen and oxygen atoms in total. The van der Waals surface area contributed by atoms with E-state index in [0.717, 1.165) is 30.5 Å². The van der Waals surface area contributed by atoms with E-state index in [1.54, 1.807) is 10.6 Å². The fourth-order valence-electron chi connectivity index (χ4n) is 2.39.